The number of nitrogens with one attached hydrogen (secondary N) is 1. The van der Waals surface area contributed by atoms with Crippen molar-refractivity contribution in [2.75, 3.05) is 0 Å². The van der Waals surface area contributed by atoms with Crippen LogP contribution in [-0.2, 0) is 0 Å². The molecule has 0 saturated carbocycles. The number of fused-ring (bicyclic) bond motifs is 1. The molecule has 1 aromatic heterocycles. The highest BCUT2D eigenvalue weighted by atomic mass is 19.1. The summed E-state index contributed by atoms with van der Waals surface area (Å²) in [6, 6.07) is 3.55. The van der Waals surface area contributed by atoms with Gasteiger partial charge < -0.3 is 4.98 Å². The highest BCUT2D eigenvalue weighted by Crippen LogP contribution is 2.16. The van der Waals surface area contributed by atoms with Crippen LogP contribution in [0.2, 0.25) is 0 Å². The maximum Gasteiger partial charge on any atom is 0.335 e. The number of pyridine rings is 1. The van der Waals surface area contributed by atoms with Crippen molar-refractivity contribution in [3.63, 3.8) is 0 Å². The summed E-state index contributed by atoms with van der Waals surface area (Å²) in [7, 11) is 0. The fourth-order valence-corrected chi connectivity index (χ4v) is 1.59. The molecule has 0 bridgehead atoms. The fourth-order valence-electron chi connectivity index (χ4n) is 1.59. The Kier molecular flexibility index (Phi) is 2.19. The number of rotatable bonds is 1. The number of aromatic amines is 1. The predicted molar refractivity (Wildman–Crippen MR) is 55.9 cm³/mol. The summed E-state index contributed by atoms with van der Waals surface area (Å²) in [5, 5.41) is 10.6. The summed E-state index contributed by atoms with van der Waals surface area (Å²) < 4.78 is 12.9. The Hall–Kier alpha value is -2.24. The smallest absolute Gasteiger partial charge is 0.335 e. The molecule has 16 heavy (non-hydrogen) atoms. The van der Waals surface area contributed by atoms with Crippen LogP contribution in [0.25, 0.3) is 10.9 Å². The molecule has 1 N–H and O–H groups in total. The third-order valence-corrected chi connectivity index (χ3v) is 2.30. The molecular weight excluding hydrogens is 215 g/mol. The summed E-state index contributed by atoms with van der Waals surface area (Å²) in [5.41, 5.74) is -0.766. The molecular formula is C10H7FN2O3. The van der Waals surface area contributed by atoms with E-state index in [-0.39, 0.29) is 11.1 Å². The van der Waals surface area contributed by atoms with Gasteiger partial charge in [0.25, 0.3) is 5.43 Å². The van der Waals surface area contributed by atoms with E-state index in [2.05, 4.69) is 4.98 Å². The first kappa shape index (κ1) is 10.3. The van der Waals surface area contributed by atoms with E-state index in [4.69, 9.17) is 0 Å². The van der Waals surface area contributed by atoms with E-state index < -0.39 is 21.9 Å². The van der Waals surface area contributed by atoms with E-state index in [0.29, 0.717) is 5.52 Å². The number of aromatic nitrogens is 1. The lowest BCUT2D eigenvalue weighted by Crippen LogP contribution is -2.12. The van der Waals surface area contributed by atoms with Crippen molar-refractivity contribution >= 4 is 16.6 Å². The second-order valence-electron chi connectivity index (χ2n) is 3.37. The minimum Gasteiger partial charge on any atom is -0.353 e. The molecule has 0 aliphatic heterocycles. The Morgan fingerprint density at radius 3 is 2.75 bits per heavy atom. The van der Waals surface area contributed by atoms with Crippen LogP contribution >= 0.6 is 0 Å². The maximum absolute atomic E-state index is 12.9. The molecule has 2 aromatic rings. The van der Waals surface area contributed by atoms with Gasteiger partial charge in [-0.2, -0.15) is 0 Å². The van der Waals surface area contributed by atoms with Crippen LogP contribution in [0.3, 0.4) is 0 Å². The van der Waals surface area contributed by atoms with E-state index in [9.17, 15) is 19.3 Å². The number of aryl methyl sites for hydroxylation is 1. The summed E-state index contributed by atoms with van der Waals surface area (Å²) >= 11 is 0. The van der Waals surface area contributed by atoms with Gasteiger partial charge in [0, 0.05) is 0 Å². The fraction of sp³-hybridized carbons (Fsp3) is 0.100. The van der Waals surface area contributed by atoms with Crippen molar-refractivity contribution in [1.29, 1.82) is 0 Å². The van der Waals surface area contributed by atoms with Gasteiger partial charge in [-0.15, -0.1) is 0 Å². The molecule has 0 radical (unpaired) electrons. The van der Waals surface area contributed by atoms with E-state index in [0.717, 1.165) is 6.07 Å². The monoisotopic (exact) mass is 222 g/mol. The second kappa shape index (κ2) is 3.41. The SMILES string of the molecule is Cc1[nH]c2ccc(F)cc2c(=O)c1[N+](=O)[O-]. The first-order chi connectivity index (χ1) is 7.50. The van der Waals surface area contributed by atoms with Crippen LogP contribution in [0.5, 0.6) is 0 Å². The van der Waals surface area contributed by atoms with Gasteiger partial charge in [-0.3, -0.25) is 14.9 Å². The number of H-pyrrole nitrogens is 1. The zero-order chi connectivity index (χ0) is 11.9. The van der Waals surface area contributed by atoms with Crippen LogP contribution in [0, 0.1) is 22.9 Å². The molecule has 0 atom stereocenters. The molecule has 0 saturated heterocycles. The molecule has 0 spiro atoms. The van der Waals surface area contributed by atoms with Crippen molar-refractivity contribution in [2.24, 2.45) is 0 Å². The van der Waals surface area contributed by atoms with Gasteiger partial charge in [0.1, 0.15) is 5.82 Å². The predicted octanol–water partition coefficient (Wildman–Crippen LogP) is 1.88. The number of hydrogen-bond acceptors (Lipinski definition) is 3. The van der Waals surface area contributed by atoms with Crippen molar-refractivity contribution in [3.8, 4) is 0 Å². The molecule has 2 rings (SSSR count). The van der Waals surface area contributed by atoms with Crippen molar-refractivity contribution < 1.29 is 9.31 Å². The van der Waals surface area contributed by atoms with E-state index in [1.165, 1.54) is 19.1 Å². The topological polar surface area (TPSA) is 76.0 Å². The number of nitrogens with zero attached hydrogens (tertiary/aromatic N) is 1. The van der Waals surface area contributed by atoms with Crippen LogP contribution in [0.15, 0.2) is 23.0 Å². The summed E-state index contributed by atoms with van der Waals surface area (Å²) in [6.07, 6.45) is 0. The lowest BCUT2D eigenvalue weighted by Gasteiger charge is -2.01. The Balaban J connectivity index is 2.96. The van der Waals surface area contributed by atoms with Gasteiger partial charge in [0.2, 0.25) is 0 Å². The van der Waals surface area contributed by atoms with Crippen LogP contribution in [-0.4, -0.2) is 9.91 Å². The third-order valence-electron chi connectivity index (χ3n) is 2.30. The molecule has 0 amide bonds. The molecule has 6 heteroatoms. The normalized spacial score (nSPS) is 10.6. The molecule has 82 valence electrons. The summed E-state index contributed by atoms with van der Waals surface area (Å²) in [4.78, 5) is 24.3. The van der Waals surface area contributed by atoms with Crippen molar-refractivity contribution in [3.05, 3.63) is 50.0 Å². The van der Waals surface area contributed by atoms with Crippen molar-refractivity contribution in [2.45, 2.75) is 6.92 Å². The standard InChI is InChI=1S/C10H7FN2O3/c1-5-9(13(15)16)10(14)7-4-6(11)2-3-8(7)12-5/h2-4H,1H3,(H,12,14). The third kappa shape index (κ3) is 1.44. The van der Waals surface area contributed by atoms with E-state index >= 15 is 0 Å². The van der Waals surface area contributed by atoms with Gasteiger partial charge in [0.15, 0.2) is 0 Å². The average molecular weight is 222 g/mol. The molecule has 0 aliphatic carbocycles. The van der Waals surface area contributed by atoms with Gasteiger partial charge in [-0.05, 0) is 25.1 Å². The zero-order valence-electron chi connectivity index (χ0n) is 8.28. The van der Waals surface area contributed by atoms with Gasteiger partial charge in [-0.1, -0.05) is 0 Å². The molecule has 1 heterocycles. The quantitative estimate of drug-likeness (QED) is 0.591. The first-order valence-corrected chi connectivity index (χ1v) is 4.47. The highest BCUT2D eigenvalue weighted by Gasteiger charge is 2.19. The molecule has 0 aliphatic rings. The highest BCUT2D eigenvalue weighted by molar-refractivity contribution is 5.81. The van der Waals surface area contributed by atoms with Gasteiger partial charge in [0.05, 0.1) is 21.5 Å². The largest absolute Gasteiger partial charge is 0.353 e. The Bertz CT molecular complexity index is 648. The van der Waals surface area contributed by atoms with Crippen LogP contribution < -0.4 is 5.43 Å². The number of hydrogen-bond donors (Lipinski definition) is 1. The Morgan fingerprint density at radius 2 is 2.12 bits per heavy atom. The minimum atomic E-state index is -0.768. The average Bonchev–Trinajstić information content (AvgIpc) is 2.19. The molecule has 0 fully saturated rings. The van der Waals surface area contributed by atoms with Crippen molar-refractivity contribution in [1.82, 2.24) is 4.98 Å². The zero-order valence-corrected chi connectivity index (χ0v) is 8.28. The number of benzene rings is 1. The Morgan fingerprint density at radius 1 is 1.44 bits per heavy atom. The summed E-state index contributed by atoms with van der Waals surface area (Å²) in [5.74, 6) is -0.601. The first-order valence-electron chi connectivity index (χ1n) is 4.47. The van der Waals surface area contributed by atoms with Gasteiger partial charge in [-0.25, -0.2) is 4.39 Å². The van der Waals surface area contributed by atoms with Gasteiger partial charge >= 0.3 is 5.69 Å². The van der Waals surface area contributed by atoms with E-state index in [1.54, 1.807) is 0 Å². The molecule has 0 unspecified atom stereocenters. The van der Waals surface area contributed by atoms with Crippen LogP contribution in [0.1, 0.15) is 5.69 Å². The number of nitro groups is 1. The number of halogens is 1. The second-order valence-corrected chi connectivity index (χ2v) is 3.37. The molecule has 1 aromatic carbocycles. The lowest BCUT2D eigenvalue weighted by molar-refractivity contribution is -0.386. The summed E-state index contributed by atoms with van der Waals surface area (Å²) in [6.45, 7) is 1.43. The van der Waals surface area contributed by atoms with E-state index in [1.807, 2.05) is 0 Å². The van der Waals surface area contributed by atoms with Crippen LogP contribution in [0.4, 0.5) is 10.1 Å². The molecule has 5 nitrogen and oxygen atoms in total. The lowest BCUT2D eigenvalue weighted by atomic mass is 10.1. The minimum absolute atomic E-state index is 0.0164. The Labute approximate surface area is 88.7 Å². The maximum atomic E-state index is 12.9.